The SMILES string of the molecule is COC(=O)c1ccc(S(=O)(=O)N2CCC(N)C2C)cc1. The first-order chi connectivity index (χ1) is 9.37. The molecule has 0 spiro atoms. The van der Waals surface area contributed by atoms with Gasteiger partial charge in [-0.15, -0.1) is 0 Å². The highest BCUT2D eigenvalue weighted by molar-refractivity contribution is 7.89. The minimum atomic E-state index is -3.57. The number of carbonyl (C=O) groups excluding carboxylic acids is 1. The zero-order valence-corrected chi connectivity index (χ0v) is 12.3. The van der Waals surface area contributed by atoms with E-state index in [2.05, 4.69) is 4.74 Å². The second-order valence-corrected chi connectivity index (χ2v) is 6.72. The molecule has 2 atom stereocenters. The highest BCUT2D eigenvalue weighted by Gasteiger charge is 2.37. The maximum absolute atomic E-state index is 12.5. The fraction of sp³-hybridized carbons (Fsp3) is 0.462. The molecule has 6 nitrogen and oxygen atoms in total. The lowest BCUT2D eigenvalue weighted by molar-refractivity contribution is 0.0600. The van der Waals surface area contributed by atoms with Gasteiger partial charge >= 0.3 is 5.97 Å². The highest BCUT2D eigenvalue weighted by atomic mass is 32.2. The van der Waals surface area contributed by atoms with Crippen LogP contribution in [0.15, 0.2) is 29.2 Å². The molecule has 110 valence electrons. The summed E-state index contributed by atoms with van der Waals surface area (Å²) in [4.78, 5) is 11.5. The number of benzene rings is 1. The first-order valence-corrected chi connectivity index (χ1v) is 7.77. The van der Waals surface area contributed by atoms with Crippen molar-refractivity contribution in [3.8, 4) is 0 Å². The number of ether oxygens (including phenoxy) is 1. The summed E-state index contributed by atoms with van der Waals surface area (Å²) in [7, 11) is -2.29. The predicted molar refractivity (Wildman–Crippen MR) is 73.7 cm³/mol. The Morgan fingerprint density at radius 1 is 1.35 bits per heavy atom. The molecule has 0 radical (unpaired) electrons. The monoisotopic (exact) mass is 298 g/mol. The van der Waals surface area contributed by atoms with E-state index in [1.807, 2.05) is 0 Å². The molecule has 1 aliphatic heterocycles. The maximum atomic E-state index is 12.5. The molecule has 1 aliphatic rings. The Hall–Kier alpha value is -1.44. The largest absolute Gasteiger partial charge is 0.465 e. The Morgan fingerprint density at radius 2 is 1.95 bits per heavy atom. The lowest BCUT2D eigenvalue weighted by atomic mass is 10.2. The van der Waals surface area contributed by atoms with Crippen molar-refractivity contribution in [1.29, 1.82) is 0 Å². The van der Waals surface area contributed by atoms with Crippen molar-refractivity contribution in [3.05, 3.63) is 29.8 Å². The fourth-order valence-electron chi connectivity index (χ4n) is 2.29. The van der Waals surface area contributed by atoms with E-state index < -0.39 is 16.0 Å². The number of nitrogens with two attached hydrogens (primary N) is 1. The molecule has 2 unspecified atom stereocenters. The molecule has 0 bridgehead atoms. The summed E-state index contributed by atoms with van der Waals surface area (Å²) in [5.74, 6) is -0.495. The van der Waals surface area contributed by atoms with E-state index in [1.165, 1.54) is 35.7 Å². The molecule has 0 saturated carbocycles. The van der Waals surface area contributed by atoms with Crippen molar-refractivity contribution in [1.82, 2.24) is 4.31 Å². The maximum Gasteiger partial charge on any atom is 0.337 e. The van der Waals surface area contributed by atoms with Gasteiger partial charge in [0.05, 0.1) is 17.6 Å². The smallest absolute Gasteiger partial charge is 0.337 e. The van der Waals surface area contributed by atoms with E-state index in [0.29, 0.717) is 18.5 Å². The van der Waals surface area contributed by atoms with E-state index in [9.17, 15) is 13.2 Å². The number of esters is 1. The molecule has 7 heteroatoms. The number of carbonyl (C=O) groups is 1. The van der Waals surface area contributed by atoms with Gasteiger partial charge in [0.25, 0.3) is 0 Å². The first-order valence-electron chi connectivity index (χ1n) is 6.33. The third-order valence-electron chi connectivity index (χ3n) is 3.64. The second-order valence-electron chi connectivity index (χ2n) is 4.82. The van der Waals surface area contributed by atoms with Gasteiger partial charge < -0.3 is 10.5 Å². The fourth-order valence-corrected chi connectivity index (χ4v) is 3.98. The lowest BCUT2D eigenvalue weighted by Gasteiger charge is -2.22. The van der Waals surface area contributed by atoms with Crippen LogP contribution in [0.25, 0.3) is 0 Å². The summed E-state index contributed by atoms with van der Waals surface area (Å²) in [6.07, 6.45) is 0.653. The quantitative estimate of drug-likeness (QED) is 0.825. The normalized spacial score (nSPS) is 23.8. The summed E-state index contributed by atoms with van der Waals surface area (Å²) in [5, 5.41) is 0. The Bertz CT molecular complexity index is 597. The third kappa shape index (κ3) is 2.56. The van der Waals surface area contributed by atoms with E-state index in [-0.39, 0.29) is 17.0 Å². The average molecular weight is 298 g/mol. The van der Waals surface area contributed by atoms with Crippen LogP contribution in [-0.2, 0) is 14.8 Å². The van der Waals surface area contributed by atoms with Crippen molar-refractivity contribution in [3.63, 3.8) is 0 Å². The molecule has 1 heterocycles. The Balaban J connectivity index is 2.29. The molecule has 1 fully saturated rings. The molecule has 1 aromatic rings. The molecule has 2 N–H and O–H groups in total. The Morgan fingerprint density at radius 3 is 2.40 bits per heavy atom. The number of rotatable bonds is 3. The molecule has 2 rings (SSSR count). The summed E-state index contributed by atoms with van der Waals surface area (Å²) < 4.78 is 31.0. The molecule has 20 heavy (non-hydrogen) atoms. The van der Waals surface area contributed by atoms with Crippen LogP contribution in [-0.4, -0.2) is 44.4 Å². The number of hydrogen-bond donors (Lipinski definition) is 1. The van der Waals surface area contributed by atoms with Crippen molar-refractivity contribution < 1.29 is 17.9 Å². The second kappa shape index (κ2) is 5.51. The molecule has 0 aromatic heterocycles. The molecule has 1 aromatic carbocycles. The summed E-state index contributed by atoms with van der Waals surface area (Å²) in [5.41, 5.74) is 6.18. The first kappa shape index (κ1) is 15.0. The lowest BCUT2D eigenvalue weighted by Crippen LogP contribution is -2.40. The van der Waals surface area contributed by atoms with Gasteiger partial charge in [-0.1, -0.05) is 0 Å². The summed E-state index contributed by atoms with van der Waals surface area (Å²) in [6, 6.07) is 5.36. The minimum absolute atomic E-state index is 0.140. The van der Waals surface area contributed by atoms with Crippen molar-refractivity contribution in [2.75, 3.05) is 13.7 Å². The highest BCUT2D eigenvalue weighted by Crippen LogP contribution is 2.25. The average Bonchev–Trinajstić information content (AvgIpc) is 2.79. The molecule has 1 saturated heterocycles. The standard InChI is InChI=1S/C13H18N2O4S/c1-9-12(14)7-8-15(9)20(17,18)11-5-3-10(4-6-11)13(16)19-2/h3-6,9,12H,7-8,14H2,1-2H3. The number of nitrogens with zero attached hydrogens (tertiary/aromatic N) is 1. The van der Waals surface area contributed by atoms with Crippen LogP contribution in [0.2, 0.25) is 0 Å². The number of sulfonamides is 1. The van der Waals surface area contributed by atoms with Gasteiger partial charge in [-0.2, -0.15) is 4.31 Å². The van der Waals surface area contributed by atoms with Crippen molar-refractivity contribution in [2.24, 2.45) is 5.73 Å². The van der Waals surface area contributed by atoms with Crippen LogP contribution in [0, 0.1) is 0 Å². The van der Waals surface area contributed by atoms with Gasteiger partial charge in [-0.05, 0) is 37.6 Å². The third-order valence-corrected chi connectivity index (χ3v) is 5.64. The number of hydrogen-bond acceptors (Lipinski definition) is 5. The van der Waals surface area contributed by atoms with E-state index >= 15 is 0 Å². The van der Waals surface area contributed by atoms with Gasteiger partial charge in [0.2, 0.25) is 10.0 Å². The van der Waals surface area contributed by atoms with Crippen LogP contribution in [0.3, 0.4) is 0 Å². The van der Waals surface area contributed by atoms with Gasteiger partial charge in [-0.3, -0.25) is 0 Å². The van der Waals surface area contributed by atoms with Gasteiger partial charge in [0, 0.05) is 18.6 Å². The Kier molecular flexibility index (Phi) is 4.12. The van der Waals surface area contributed by atoms with Gasteiger partial charge in [-0.25, -0.2) is 13.2 Å². The van der Waals surface area contributed by atoms with Crippen LogP contribution in [0.4, 0.5) is 0 Å². The summed E-state index contributed by atoms with van der Waals surface area (Å²) in [6.45, 7) is 2.22. The Labute approximate surface area is 118 Å². The van der Waals surface area contributed by atoms with Gasteiger partial charge in [0.15, 0.2) is 0 Å². The molecule has 0 amide bonds. The van der Waals surface area contributed by atoms with Crippen LogP contribution >= 0.6 is 0 Å². The van der Waals surface area contributed by atoms with Crippen LogP contribution in [0.5, 0.6) is 0 Å². The van der Waals surface area contributed by atoms with Crippen LogP contribution < -0.4 is 5.73 Å². The minimum Gasteiger partial charge on any atom is -0.465 e. The van der Waals surface area contributed by atoms with E-state index in [4.69, 9.17) is 5.73 Å². The zero-order chi connectivity index (χ0) is 14.9. The molecular weight excluding hydrogens is 280 g/mol. The predicted octanol–water partition coefficient (Wildman–Crippen LogP) is 0.583. The molecular formula is C13H18N2O4S. The van der Waals surface area contributed by atoms with E-state index in [1.54, 1.807) is 6.92 Å². The topological polar surface area (TPSA) is 89.7 Å². The van der Waals surface area contributed by atoms with Crippen molar-refractivity contribution >= 4 is 16.0 Å². The zero-order valence-electron chi connectivity index (χ0n) is 11.4. The number of methoxy groups -OCH3 is 1. The van der Waals surface area contributed by atoms with Gasteiger partial charge in [0.1, 0.15) is 0 Å². The van der Waals surface area contributed by atoms with Crippen LogP contribution in [0.1, 0.15) is 23.7 Å². The van der Waals surface area contributed by atoms with E-state index in [0.717, 1.165) is 0 Å². The molecule has 0 aliphatic carbocycles. The van der Waals surface area contributed by atoms with Crippen molar-refractivity contribution in [2.45, 2.75) is 30.3 Å². The summed E-state index contributed by atoms with van der Waals surface area (Å²) >= 11 is 0.